The van der Waals surface area contributed by atoms with E-state index in [1.54, 1.807) is 0 Å². The predicted molar refractivity (Wildman–Crippen MR) is 49.8 cm³/mol. The quantitative estimate of drug-likeness (QED) is 0.733. The fraction of sp³-hybridized carbons (Fsp3) is 0.143. The molecule has 0 atom stereocenters. The summed E-state index contributed by atoms with van der Waals surface area (Å²) < 4.78 is 0. The van der Waals surface area contributed by atoms with Crippen LogP contribution in [-0.4, -0.2) is 13.1 Å². The summed E-state index contributed by atoms with van der Waals surface area (Å²) in [5.74, 6) is 0. The molecular formula is C7H6BrClSe. The Morgan fingerprint density at radius 3 is 2.70 bits per heavy atom. The molecule has 10 heavy (non-hydrogen) atoms. The van der Waals surface area contributed by atoms with Crippen molar-refractivity contribution in [3.63, 3.8) is 0 Å². The standard InChI is InChI=1S/C7H6BrClSe/c8-10-5-6-3-1-2-4-7(6)9/h1-4H,5H2. The van der Waals surface area contributed by atoms with Gasteiger partial charge >= 0.3 is 79.0 Å². The maximum absolute atomic E-state index is 5.89. The molecule has 1 rings (SSSR count). The SMILES string of the molecule is Clc1ccccc1C[Se]Br. The van der Waals surface area contributed by atoms with Gasteiger partial charge in [-0.15, -0.1) is 0 Å². The first kappa shape index (κ1) is 8.60. The Morgan fingerprint density at radius 2 is 2.10 bits per heavy atom. The van der Waals surface area contributed by atoms with Crippen molar-refractivity contribution in [1.29, 1.82) is 0 Å². The van der Waals surface area contributed by atoms with Gasteiger partial charge in [-0.3, -0.25) is 0 Å². The normalized spacial score (nSPS) is 9.80. The van der Waals surface area contributed by atoms with E-state index >= 15 is 0 Å². The van der Waals surface area contributed by atoms with Crippen LogP contribution in [0, 0.1) is 0 Å². The van der Waals surface area contributed by atoms with Gasteiger partial charge in [-0.25, -0.2) is 0 Å². The van der Waals surface area contributed by atoms with Gasteiger partial charge in [0, 0.05) is 0 Å². The molecule has 0 aliphatic carbocycles. The molecule has 0 amide bonds. The van der Waals surface area contributed by atoms with Crippen LogP contribution in [0.1, 0.15) is 5.56 Å². The topological polar surface area (TPSA) is 0 Å². The Morgan fingerprint density at radius 1 is 1.40 bits per heavy atom. The summed E-state index contributed by atoms with van der Waals surface area (Å²) in [7, 11) is 0. The first-order chi connectivity index (χ1) is 4.84. The summed E-state index contributed by atoms with van der Waals surface area (Å²) in [5, 5.41) is 1.94. The zero-order valence-electron chi connectivity index (χ0n) is 5.18. The van der Waals surface area contributed by atoms with Gasteiger partial charge in [-0.1, -0.05) is 0 Å². The molecule has 0 saturated carbocycles. The van der Waals surface area contributed by atoms with Gasteiger partial charge in [0.05, 0.1) is 0 Å². The van der Waals surface area contributed by atoms with E-state index in [1.165, 1.54) is 5.56 Å². The van der Waals surface area contributed by atoms with E-state index in [9.17, 15) is 0 Å². The van der Waals surface area contributed by atoms with E-state index in [4.69, 9.17) is 11.6 Å². The van der Waals surface area contributed by atoms with Crippen LogP contribution in [0.25, 0.3) is 0 Å². The number of rotatable bonds is 2. The van der Waals surface area contributed by atoms with Crippen LogP contribution in [0.4, 0.5) is 0 Å². The Labute approximate surface area is 78.8 Å². The first-order valence-electron chi connectivity index (χ1n) is 2.81. The van der Waals surface area contributed by atoms with Crippen molar-refractivity contribution < 1.29 is 0 Å². The summed E-state index contributed by atoms with van der Waals surface area (Å²) in [6.45, 7) is 0. The fourth-order valence-corrected chi connectivity index (χ4v) is 3.11. The molecule has 0 saturated heterocycles. The zero-order chi connectivity index (χ0) is 7.40. The molecular weight excluding hydrogens is 278 g/mol. The van der Waals surface area contributed by atoms with Crippen molar-refractivity contribution in [2.45, 2.75) is 5.32 Å². The van der Waals surface area contributed by atoms with Crippen LogP contribution in [0.3, 0.4) is 0 Å². The second-order valence-electron chi connectivity index (χ2n) is 1.84. The average molecular weight is 284 g/mol. The van der Waals surface area contributed by atoms with Crippen LogP contribution in [0.2, 0.25) is 5.02 Å². The molecule has 0 nitrogen and oxygen atoms in total. The molecule has 54 valence electrons. The molecule has 1 aromatic carbocycles. The van der Waals surface area contributed by atoms with E-state index < -0.39 is 0 Å². The molecule has 0 bridgehead atoms. The van der Waals surface area contributed by atoms with Gasteiger partial charge in [-0.05, 0) is 0 Å². The third kappa shape index (κ3) is 2.28. The van der Waals surface area contributed by atoms with E-state index in [0.29, 0.717) is 13.1 Å². The molecule has 1 aromatic rings. The Kier molecular flexibility index (Phi) is 3.79. The molecule has 0 aliphatic heterocycles. The third-order valence-electron chi connectivity index (χ3n) is 1.17. The van der Waals surface area contributed by atoms with Crippen LogP contribution in [-0.2, 0) is 5.32 Å². The zero-order valence-corrected chi connectivity index (χ0v) is 9.24. The van der Waals surface area contributed by atoms with Crippen LogP contribution < -0.4 is 0 Å². The summed E-state index contributed by atoms with van der Waals surface area (Å²) in [5.41, 5.74) is 1.24. The molecule has 0 heterocycles. The van der Waals surface area contributed by atoms with Gasteiger partial charge in [0.2, 0.25) is 0 Å². The monoisotopic (exact) mass is 284 g/mol. The first-order valence-corrected chi connectivity index (χ1v) is 8.41. The average Bonchev–Trinajstić information content (AvgIpc) is 1.94. The molecule has 3 heteroatoms. The Hall–Kier alpha value is 0.509. The summed E-state index contributed by atoms with van der Waals surface area (Å²) in [6, 6.07) is 7.95. The maximum atomic E-state index is 5.89. The number of benzene rings is 1. The van der Waals surface area contributed by atoms with Gasteiger partial charge in [-0.2, -0.15) is 0 Å². The van der Waals surface area contributed by atoms with Gasteiger partial charge < -0.3 is 0 Å². The van der Waals surface area contributed by atoms with E-state index in [2.05, 4.69) is 20.2 Å². The van der Waals surface area contributed by atoms with Crippen molar-refractivity contribution in [1.82, 2.24) is 0 Å². The molecule has 0 aliphatic rings. The van der Waals surface area contributed by atoms with Crippen molar-refractivity contribution in [2.24, 2.45) is 0 Å². The Bertz CT molecular complexity index is 215. The second kappa shape index (κ2) is 4.40. The molecule has 0 fully saturated rings. The number of hydrogen-bond acceptors (Lipinski definition) is 0. The summed E-state index contributed by atoms with van der Waals surface area (Å²) in [6.07, 6.45) is 0. The molecule has 0 unspecified atom stereocenters. The Balaban J connectivity index is 2.81. The molecule has 0 spiro atoms. The van der Waals surface area contributed by atoms with E-state index in [1.807, 2.05) is 18.2 Å². The minimum absolute atomic E-state index is 0.498. The van der Waals surface area contributed by atoms with Crippen LogP contribution in [0.15, 0.2) is 24.3 Å². The van der Waals surface area contributed by atoms with Crippen molar-refractivity contribution in [2.75, 3.05) is 0 Å². The van der Waals surface area contributed by atoms with Gasteiger partial charge in [0.25, 0.3) is 0 Å². The van der Waals surface area contributed by atoms with Crippen molar-refractivity contribution in [3.05, 3.63) is 34.9 Å². The van der Waals surface area contributed by atoms with Crippen LogP contribution >= 0.6 is 25.7 Å². The summed E-state index contributed by atoms with van der Waals surface area (Å²) >= 11 is 9.81. The second-order valence-corrected chi connectivity index (χ2v) is 5.69. The van der Waals surface area contributed by atoms with Crippen molar-refractivity contribution in [3.8, 4) is 0 Å². The molecule has 0 radical (unpaired) electrons. The van der Waals surface area contributed by atoms with Crippen molar-refractivity contribution >= 4 is 38.9 Å². The van der Waals surface area contributed by atoms with E-state index in [-0.39, 0.29) is 0 Å². The summed E-state index contributed by atoms with van der Waals surface area (Å²) in [4.78, 5) is 0. The minimum atomic E-state index is 0.498. The predicted octanol–water partition coefficient (Wildman–Crippen LogP) is 2.85. The molecule has 0 N–H and O–H groups in total. The molecule has 0 aromatic heterocycles. The van der Waals surface area contributed by atoms with Gasteiger partial charge in [0.1, 0.15) is 0 Å². The fourth-order valence-electron chi connectivity index (χ4n) is 0.674. The third-order valence-corrected chi connectivity index (χ3v) is 3.61. The van der Waals surface area contributed by atoms with Gasteiger partial charge in [0.15, 0.2) is 0 Å². The number of hydrogen-bond donors (Lipinski definition) is 0. The van der Waals surface area contributed by atoms with E-state index in [0.717, 1.165) is 10.3 Å². The van der Waals surface area contributed by atoms with Crippen LogP contribution in [0.5, 0.6) is 0 Å². The number of halogens is 2.